The minimum Gasteiger partial charge on any atom is -0.457 e. The Morgan fingerprint density at radius 2 is 1.32 bits per heavy atom. The van der Waals surface area contributed by atoms with Gasteiger partial charge in [0.05, 0.1) is 5.41 Å². The van der Waals surface area contributed by atoms with Gasteiger partial charge in [-0.2, -0.15) is 0 Å². The summed E-state index contributed by atoms with van der Waals surface area (Å²) < 4.78 is 7.50. The summed E-state index contributed by atoms with van der Waals surface area (Å²) in [5.41, 5.74) is 7.19. The molecule has 31 heavy (non-hydrogen) atoms. The molecule has 0 N–H and O–H groups in total. The van der Waals surface area contributed by atoms with Crippen LogP contribution in [-0.4, -0.2) is 0 Å². The summed E-state index contributed by atoms with van der Waals surface area (Å²) in [4.78, 5) is 0. The zero-order chi connectivity index (χ0) is 20.6. The molecule has 0 saturated carbocycles. The van der Waals surface area contributed by atoms with E-state index in [-0.39, 0.29) is 0 Å². The van der Waals surface area contributed by atoms with Crippen molar-refractivity contribution in [1.82, 2.24) is 0 Å². The molecule has 0 bridgehead atoms. The van der Waals surface area contributed by atoms with Gasteiger partial charge in [-0.3, -0.25) is 0 Å². The lowest BCUT2D eigenvalue weighted by molar-refractivity contribution is 0.435. The van der Waals surface area contributed by atoms with Gasteiger partial charge in [0, 0.05) is 15.6 Å². The molecule has 0 amide bonds. The van der Waals surface area contributed by atoms with Gasteiger partial charge in [-0.15, -0.1) is 0 Å². The molecular weight excluding hydrogens is 444 g/mol. The van der Waals surface area contributed by atoms with Crippen LogP contribution in [0.15, 0.2) is 108 Å². The van der Waals surface area contributed by atoms with Crippen LogP contribution >= 0.6 is 15.9 Å². The second-order valence-electron chi connectivity index (χ2n) is 8.22. The maximum atomic E-state index is 6.43. The van der Waals surface area contributed by atoms with Gasteiger partial charge >= 0.3 is 0 Å². The van der Waals surface area contributed by atoms with Crippen molar-refractivity contribution in [2.45, 2.75) is 5.41 Å². The monoisotopic (exact) mass is 460 g/mol. The van der Waals surface area contributed by atoms with Crippen LogP contribution in [0.4, 0.5) is 0 Å². The minimum absolute atomic E-state index is 0.430. The van der Waals surface area contributed by atoms with E-state index in [1.165, 1.54) is 44.2 Å². The van der Waals surface area contributed by atoms with E-state index >= 15 is 0 Å². The molecule has 7 rings (SSSR count). The summed E-state index contributed by atoms with van der Waals surface area (Å²) in [5, 5.41) is 2.56. The summed E-state index contributed by atoms with van der Waals surface area (Å²) in [6.45, 7) is 0. The third-order valence-corrected chi connectivity index (χ3v) is 7.46. The van der Waals surface area contributed by atoms with Crippen molar-refractivity contribution in [3.63, 3.8) is 0 Å². The standard InChI is InChI=1S/C29H17BrO/c30-24-13-7-15-26-28(24)29(22-12-5-6-14-25(22)31-26)21-11-4-3-10-20(21)27-19-9-2-1-8-18(19)16-17-23(27)29/h1-17H. The van der Waals surface area contributed by atoms with Crippen LogP contribution in [0, 0.1) is 0 Å². The molecule has 0 radical (unpaired) electrons. The Morgan fingerprint density at radius 1 is 0.581 bits per heavy atom. The Hall–Kier alpha value is -3.36. The van der Waals surface area contributed by atoms with E-state index in [0.717, 1.165) is 16.0 Å². The number of para-hydroxylation sites is 1. The van der Waals surface area contributed by atoms with Crippen LogP contribution in [0.5, 0.6) is 11.5 Å². The van der Waals surface area contributed by atoms with Crippen molar-refractivity contribution in [2.75, 3.05) is 0 Å². The number of halogens is 1. The van der Waals surface area contributed by atoms with E-state index in [4.69, 9.17) is 4.74 Å². The molecule has 2 aliphatic rings. The van der Waals surface area contributed by atoms with Gasteiger partial charge in [-0.25, -0.2) is 0 Å². The third kappa shape index (κ3) is 2.06. The molecule has 146 valence electrons. The molecule has 1 spiro atoms. The highest BCUT2D eigenvalue weighted by atomic mass is 79.9. The predicted molar refractivity (Wildman–Crippen MR) is 129 cm³/mol. The highest BCUT2D eigenvalue weighted by molar-refractivity contribution is 9.10. The molecule has 0 saturated heterocycles. The lowest BCUT2D eigenvalue weighted by atomic mass is 9.66. The largest absolute Gasteiger partial charge is 0.457 e. The topological polar surface area (TPSA) is 9.23 Å². The van der Waals surface area contributed by atoms with Crippen molar-refractivity contribution >= 4 is 26.7 Å². The number of hydrogen-bond donors (Lipinski definition) is 0. The Kier molecular flexibility index (Phi) is 3.40. The van der Waals surface area contributed by atoms with Crippen LogP contribution in [0.25, 0.3) is 21.9 Å². The average Bonchev–Trinajstić information content (AvgIpc) is 3.11. The lowest BCUT2D eigenvalue weighted by Crippen LogP contribution is -2.32. The number of benzene rings is 5. The molecule has 5 aromatic carbocycles. The fourth-order valence-electron chi connectivity index (χ4n) is 5.68. The second-order valence-corrected chi connectivity index (χ2v) is 9.07. The molecule has 1 nitrogen and oxygen atoms in total. The smallest absolute Gasteiger partial charge is 0.133 e. The van der Waals surface area contributed by atoms with Gasteiger partial charge in [0.1, 0.15) is 11.5 Å². The van der Waals surface area contributed by atoms with Crippen LogP contribution in [0.1, 0.15) is 22.3 Å². The fraction of sp³-hybridized carbons (Fsp3) is 0.0345. The number of hydrogen-bond acceptors (Lipinski definition) is 1. The maximum absolute atomic E-state index is 6.43. The predicted octanol–water partition coefficient (Wildman–Crippen LogP) is 8.07. The van der Waals surface area contributed by atoms with Gasteiger partial charge < -0.3 is 4.74 Å². The summed E-state index contributed by atoms with van der Waals surface area (Å²) in [6.07, 6.45) is 0. The molecule has 1 aliphatic heterocycles. The zero-order valence-electron chi connectivity index (χ0n) is 16.6. The van der Waals surface area contributed by atoms with Gasteiger partial charge in [-0.05, 0) is 51.2 Å². The first-order chi connectivity index (χ1) is 15.3. The van der Waals surface area contributed by atoms with Crippen molar-refractivity contribution in [1.29, 1.82) is 0 Å². The molecule has 1 unspecified atom stereocenters. The highest BCUT2D eigenvalue weighted by Crippen LogP contribution is 2.64. The van der Waals surface area contributed by atoms with Crippen LogP contribution in [0.3, 0.4) is 0 Å². The number of fused-ring (bicyclic) bond motifs is 11. The number of rotatable bonds is 0. The molecular formula is C29H17BrO. The molecule has 1 atom stereocenters. The fourth-order valence-corrected chi connectivity index (χ4v) is 6.32. The Morgan fingerprint density at radius 3 is 2.26 bits per heavy atom. The van der Waals surface area contributed by atoms with E-state index < -0.39 is 5.41 Å². The zero-order valence-corrected chi connectivity index (χ0v) is 18.2. The molecule has 1 heterocycles. The van der Waals surface area contributed by atoms with E-state index in [9.17, 15) is 0 Å². The maximum Gasteiger partial charge on any atom is 0.133 e. The van der Waals surface area contributed by atoms with E-state index in [0.29, 0.717) is 0 Å². The molecule has 2 heteroatoms. The first-order valence-corrected chi connectivity index (χ1v) is 11.3. The number of ether oxygens (including phenoxy) is 1. The van der Waals surface area contributed by atoms with Crippen LogP contribution in [0.2, 0.25) is 0 Å². The Bertz CT molecular complexity index is 1530. The first kappa shape index (κ1) is 17.3. The Labute approximate surface area is 189 Å². The molecule has 0 aromatic heterocycles. The average molecular weight is 461 g/mol. The normalized spacial score (nSPS) is 17.6. The van der Waals surface area contributed by atoms with E-state index in [1.54, 1.807) is 0 Å². The van der Waals surface area contributed by atoms with E-state index in [2.05, 4.69) is 113 Å². The van der Waals surface area contributed by atoms with Crippen molar-refractivity contribution in [2.24, 2.45) is 0 Å². The molecule has 0 fully saturated rings. The van der Waals surface area contributed by atoms with Crippen molar-refractivity contribution < 1.29 is 4.74 Å². The molecule has 1 aliphatic carbocycles. The SMILES string of the molecule is Brc1cccc2c1C1(c3ccccc3O2)c2ccccc2-c2c1ccc1ccccc21. The van der Waals surface area contributed by atoms with Crippen LogP contribution < -0.4 is 4.74 Å². The molecule has 5 aromatic rings. The summed E-state index contributed by atoms with van der Waals surface area (Å²) in [5.74, 6) is 1.83. The van der Waals surface area contributed by atoms with Gasteiger partial charge in [-0.1, -0.05) is 101 Å². The summed E-state index contributed by atoms with van der Waals surface area (Å²) in [7, 11) is 0. The summed E-state index contributed by atoms with van der Waals surface area (Å²) >= 11 is 3.89. The highest BCUT2D eigenvalue weighted by Gasteiger charge is 2.52. The van der Waals surface area contributed by atoms with Crippen molar-refractivity contribution in [3.05, 3.63) is 130 Å². The minimum atomic E-state index is -0.430. The van der Waals surface area contributed by atoms with Gasteiger partial charge in [0.25, 0.3) is 0 Å². The van der Waals surface area contributed by atoms with Crippen molar-refractivity contribution in [3.8, 4) is 22.6 Å². The quantitative estimate of drug-likeness (QED) is 0.222. The van der Waals surface area contributed by atoms with Crippen LogP contribution in [-0.2, 0) is 5.41 Å². The first-order valence-electron chi connectivity index (χ1n) is 10.5. The van der Waals surface area contributed by atoms with Gasteiger partial charge in [0.2, 0.25) is 0 Å². The summed E-state index contributed by atoms with van der Waals surface area (Å²) in [6, 6.07) is 36.9. The van der Waals surface area contributed by atoms with Gasteiger partial charge in [0.15, 0.2) is 0 Å². The second kappa shape index (κ2) is 6.09. The third-order valence-electron chi connectivity index (χ3n) is 6.79. The lowest BCUT2D eigenvalue weighted by Gasteiger charge is -2.40. The Balaban J connectivity index is 1.76. The van der Waals surface area contributed by atoms with E-state index in [1.807, 2.05) is 6.07 Å².